The molecule has 26 heavy (non-hydrogen) atoms. The lowest BCUT2D eigenvalue weighted by atomic mass is 10.0. The van der Waals surface area contributed by atoms with Gasteiger partial charge in [0, 0.05) is 0 Å². The van der Waals surface area contributed by atoms with E-state index in [0.29, 0.717) is 6.61 Å². The van der Waals surface area contributed by atoms with E-state index in [1.165, 1.54) is 76.7 Å². The molecule has 0 aliphatic carbocycles. The van der Waals surface area contributed by atoms with Crippen LogP contribution in [-0.2, 0) is 4.89 Å². The summed E-state index contributed by atoms with van der Waals surface area (Å²) in [6, 6.07) is 6.51. The smallest absolute Gasteiger partial charge is 0.339 e. The highest BCUT2D eigenvalue weighted by molar-refractivity contribution is 5.90. The van der Waals surface area contributed by atoms with E-state index in [-0.39, 0.29) is 11.3 Å². The van der Waals surface area contributed by atoms with Crippen molar-refractivity contribution in [3.8, 4) is 5.75 Å². The van der Waals surface area contributed by atoms with Gasteiger partial charge in [-0.15, -0.1) is 0 Å². The minimum Gasteiger partial charge on any atom is -0.478 e. The maximum Gasteiger partial charge on any atom is 0.339 e. The van der Waals surface area contributed by atoms with Gasteiger partial charge in [0.25, 0.3) is 0 Å². The van der Waals surface area contributed by atoms with Crippen LogP contribution in [0.2, 0.25) is 0 Å². The molecule has 4 heteroatoms. The first-order chi connectivity index (χ1) is 12.8. The third kappa shape index (κ3) is 11.1. The second-order valence-corrected chi connectivity index (χ2v) is 6.95. The van der Waals surface area contributed by atoms with Gasteiger partial charge in [-0.25, -0.2) is 4.79 Å². The number of hydrogen-bond donors (Lipinski definition) is 1. The van der Waals surface area contributed by atoms with Crippen LogP contribution < -0.4 is 4.89 Å². The Morgan fingerprint density at radius 1 is 0.808 bits per heavy atom. The van der Waals surface area contributed by atoms with E-state index in [0.717, 1.165) is 12.8 Å². The largest absolute Gasteiger partial charge is 0.478 e. The van der Waals surface area contributed by atoms with Crippen LogP contribution in [0, 0.1) is 0 Å². The summed E-state index contributed by atoms with van der Waals surface area (Å²) in [5.74, 6) is -0.750. The van der Waals surface area contributed by atoms with Crippen molar-refractivity contribution in [2.24, 2.45) is 0 Å². The van der Waals surface area contributed by atoms with E-state index >= 15 is 0 Å². The number of para-hydroxylation sites is 1. The average Bonchev–Trinajstić information content (AvgIpc) is 2.65. The van der Waals surface area contributed by atoms with E-state index in [1.54, 1.807) is 18.2 Å². The minimum absolute atomic E-state index is 0.123. The summed E-state index contributed by atoms with van der Waals surface area (Å²) in [5.41, 5.74) is 0.123. The molecule has 0 bridgehead atoms. The Hall–Kier alpha value is -1.55. The molecule has 0 aromatic heterocycles. The van der Waals surface area contributed by atoms with E-state index < -0.39 is 5.97 Å². The Morgan fingerprint density at radius 3 is 1.85 bits per heavy atom. The standard InChI is InChI=1S/C22H36O4/c1-2-3-4-5-6-7-8-9-10-11-12-13-16-19-25-26-21-18-15-14-17-20(21)22(23)24/h14-15,17-18H,2-13,16,19H2,1H3,(H,23,24). The van der Waals surface area contributed by atoms with Gasteiger partial charge in [0.05, 0.1) is 6.61 Å². The molecule has 148 valence electrons. The Balaban J connectivity index is 1.88. The van der Waals surface area contributed by atoms with E-state index in [4.69, 9.17) is 14.9 Å². The lowest BCUT2D eigenvalue weighted by Gasteiger charge is -2.07. The molecular formula is C22H36O4. The summed E-state index contributed by atoms with van der Waals surface area (Å²) < 4.78 is 0. The fourth-order valence-electron chi connectivity index (χ4n) is 3.00. The van der Waals surface area contributed by atoms with Crippen molar-refractivity contribution in [2.75, 3.05) is 6.61 Å². The highest BCUT2D eigenvalue weighted by Crippen LogP contribution is 2.18. The van der Waals surface area contributed by atoms with Crippen molar-refractivity contribution in [2.45, 2.75) is 90.4 Å². The van der Waals surface area contributed by atoms with Crippen LogP contribution in [0.3, 0.4) is 0 Å². The fraction of sp³-hybridized carbons (Fsp3) is 0.682. The van der Waals surface area contributed by atoms with E-state index in [2.05, 4.69) is 6.92 Å². The van der Waals surface area contributed by atoms with Gasteiger partial charge in [-0.2, -0.15) is 4.89 Å². The minimum atomic E-state index is -1.01. The number of unbranched alkanes of at least 4 members (excludes halogenated alkanes) is 12. The van der Waals surface area contributed by atoms with Crippen LogP contribution >= 0.6 is 0 Å². The topological polar surface area (TPSA) is 55.8 Å². The summed E-state index contributed by atoms with van der Waals surface area (Å²) in [6.07, 6.45) is 17.0. The van der Waals surface area contributed by atoms with Gasteiger partial charge in [-0.05, 0) is 18.6 Å². The summed E-state index contributed by atoms with van der Waals surface area (Å²) in [4.78, 5) is 21.3. The molecule has 0 aliphatic rings. The zero-order valence-corrected chi connectivity index (χ0v) is 16.4. The summed E-state index contributed by atoms with van der Waals surface area (Å²) in [6.45, 7) is 2.75. The Bertz CT molecular complexity index is 473. The van der Waals surface area contributed by atoms with Crippen molar-refractivity contribution in [1.29, 1.82) is 0 Å². The molecule has 0 atom stereocenters. The Labute approximate surface area is 158 Å². The van der Waals surface area contributed by atoms with Gasteiger partial charge in [-0.3, -0.25) is 0 Å². The van der Waals surface area contributed by atoms with Crippen molar-refractivity contribution in [3.63, 3.8) is 0 Å². The van der Waals surface area contributed by atoms with Gasteiger partial charge in [0.2, 0.25) is 0 Å². The highest BCUT2D eigenvalue weighted by Gasteiger charge is 2.10. The molecule has 0 amide bonds. The monoisotopic (exact) mass is 364 g/mol. The molecule has 0 heterocycles. The Morgan fingerprint density at radius 2 is 1.31 bits per heavy atom. The number of carboxylic acid groups (broad SMARTS) is 1. The molecule has 0 aliphatic heterocycles. The van der Waals surface area contributed by atoms with Gasteiger partial charge < -0.3 is 9.99 Å². The molecule has 0 spiro atoms. The van der Waals surface area contributed by atoms with Crippen molar-refractivity contribution in [3.05, 3.63) is 29.8 Å². The van der Waals surface area contributed by atoms with Crippen LogP contribution in [-0.4, -0.2) is 17.7 Å². The number of rotatable bonds is 17. The molecule has 1 rings (SSSR count). The third-order valence-electron chi connectivity index (χ3n) is 4.60. The average molecular weight is 365 g/mol. The molecular weight excluding hydrogens is 328 g/mol. The SMILES string of the molecule is CCCCCCCCCCCCCCCOOc1ccccc1C(=O)O. The van der Waals surface area contributed by atoms with Crippen molar-refractivity contribution in [1.82, 2.24) is 0 Å². The van der Waals surface area contributed by atoms with Crippen LogP contribution in [0.25, 0.3) is 0 Å². The highest BCUT2D eigenvalue weighted by atomic mass is 17.2. The molecule has 1 aromatic rings. The van der Waals surface area contributed by atoms with E-state index in [1.807, 2.05) is 0 Å². The van der Waals surface area contributed by atoms with Crippen LogP contribution in [0.4, 0.5) is 0 Å². The van der Waals surface area contributed by atoms with E-state index in [9.17, 15) is 4.79 Å². The summed E-state index contributed by atoms with van der Waals surface area (Å²) >= 11 is 0. The summed E-state index contributed by atoms with van der Waals surface area (Å²) in [7, 11) is 0. The number of carboxylic acids is 1. The first-order valence-electron chi connectivity index (χ1n) is 10.4. The molecule has 0 saturated carbocycles. The second kappa shape index (κ2) is 15.7. The molecule has 0 fully saturated rings. The second-order valence-electron chi connectivity index (χ2n) is 6.95. The third-order valence-corrected chi connectivity index (χ3v) is 4.60. The predicted molar refractivity (Wildman–Crippen MR) is 106 cm³/mol. The molecule has 1 aromatic carbocycles. The maximum absolute atomic E-state index is 11.0. The molecule has 0 unspecified atom stereocenters. The molecule has 1 N–H and O–H groups in total. The Kier molecular flexibility index (Phi) is 13.6. The first kappa shape index (κ1) is 22.5. The normalized spacial score (nSPS) is 10.8. The summed E-state index contributed by atoms with van der Waals surface area (Å²) in [5, 5.41) is 9.06. The maximum atomic E-state index is 11.0. The fourth-order valence-corrected chi connectivity index (χ4v) is 3.00. The zero-order chi connectivity index (χ0) is 18.9. The van der Waals surface area contributed by atoms with Gasteiger partial charge in [0.1, 0.15) is 5.56 Å². The lowest BCUT2D eigenvalue weighted by molar-refractivity contribution is -0.207. The van der Waals surface area contributed by atoms with Gasteiger partial charge in [0.15, 0.2) is 5.75 Å². The first-order valence-corrected chi connectivity index (χ1v) is 10.4. The van der Waals surface area contributed by atoms with Crippen LogP contribution in [0.15, 0.2) is 24.3 Å². The van der Waals surface area contributed by atoms with Crippen LogP contribution in [0.1, 0.15) is 101 Å². The zero-order valence-electron chi connectivity index (χ0n) is 16.4. The van der Waals surface area contributed by atoms with Crippen LogP contribution in [0.5, 0.6) is 5.75 Å². The number of hydrogen-bond acceptors (Lipinski definition) is 3. The number of benzene rings is 1. The molecule has 0 saturated heterocycles. The molecule has 0 radical (unpaired) electrons. The predicted octanol–water partition coefficient (Wildman–Crippen LogP) is 6.79. The number of aromatic carboxylic acids is 1. The quantitative estimate of drug-likeness (QED) is 0.188. The molecule has 4 nitrogen and oxygen atoms in total. The van der Waals surface area contributed by atoms with Gasteiger partial charge >= 0.3 is 5.97 Å². The van der Waals surface area contributed by atoms with Crippen molar-refractivity contribution < 1.29 is 19.7 Å². The van der Waals surface area contributed by atoms with Crippen molar-refractivity contribution >= 4 is 5.97 Å². The van der Waals surface area contributed by atoms with Gasteiger partial charge in [-0.1, -0.05) is 96.1 Å². The number of carbonyl (C=O) groups is 1. The lowest BCUT2D eigenvalue weighted by Crippen LogP contribution is -2.05.